The second kappa shape index (κ2) is 25.8. The number of nitrogens with zero attached hydrogens (tertiary/aromatic N) is 1. The van der Waals surface area contributed by atoms with Crippen molar-refractivity contribution in [2.75, 3.05) is 5.73 Å². The Morgan fingerprint density at radius 3 is 1.60 bits per heavy atom. The molecule has 0 aliphatic heterocycles. The van der Waals surface area contributed by atoms with Crippen LogP contribution < -0.4 is 5.73 Å². The molecule has 0 spiro atoms. The molecule has 2 nitrogen and oxygen atoms in total. The average molecular weight is 795 g/mol. The molecule has 1 unspecified atom stereocenters. The smallest absolute Gasteiger partial charge is 0.180 e. The first kappa shape index (κ1) is 47.9. The van der Waals surface area contributed by atoms with Crippen molar-refractivity contribution in [1.29, 1.82) is 0 Å². The van der Waals surface area contributed by atoms with E-state index < -0.39 is 0 Å². The van der Waals surface area contributed by atoms with Crippen LogP contribution in [0.25, 0.3) is 0 Å². The van der Waals surface area contributed by atoms with Crippen LogP contribution in [0.5, 0.6) is 0 Å². The maximum Gasteiger partial charge on any atom is 0.180 e. The summed E-state index contributed by atoms with van der Waals surface area (Å²) in [5.74, 6) is 1.56. The molecule has 58 heavy (non-hydrogen) atoms. The van der Waals surface area contributed by atoms with E-state index in [2.05, 4.69) is 183 Å². The lowest BCUT2D eigenvalue weighted by Crippen LogP contribution is -2.08. The summed E-state index contributed by atoms with van der Waals surface area (Å²) in [6.07, 6.45) is 11.0. The highest BCUT2D eigenvalue weighted by atomic mass is 32.1. The van der Waals surface area contributed by atoms with Crippen molar-refractivity contribution in [2.45, 2.75) is 133 Å². The van der Waals surface area contributed by atoms with Crippen molar-refractivity contribution in [3.8, 4) is 0 Å². The van der Waals surface area contributed by atoms with Gasteiger partial charge in [0.05, 0.1) is 5.69 Å². The van der Waals surface area contributed by atoms with Crippen molar-refractivity contribution >= 4 is 16.5 Å². The number of thiazole rings is 1. The molecule has 0 amide bonds. The number of anilines is 1. The van der Waals surface area contributed by atoms with Crippen LogP contribution in [0.15, 0.2) is 133 Å². The minimum Gasteiger partial charge on any atom is -0.375 e. The SMILES string of the molecule is CC1CCCc2nc(N)sc21.CC1Cc2ccccc2C1.CCCc1cccc(C)c1.CCc1ccccc1.Cc1cccc(CC(C)(C)C)c1.Cc1ccccc1. The zero-order chi connectivity index (χ0) is 42.3. The van der Waals surface area contributed by atoms with E-state index >= 15 is 0 Å². The van der Waals surface area contributed by atoms with Crippen molar-refractivity contribution in [3.63, 3.8) is 0 Å². The topological polar surface area (TPSA) is 38.9 Å². The first-order chi connectivity index (χ1) is 27.8. The largest absolute Gasteiger partial charge is 0.375 e. The van der Waals surface area contributed by atoms with Gasteiger partial charge in [0.25, 0.3) is 0 Å². The lowest BCUT2D eigenvalue weighted by Gasteiger charge is -2.18. The highest BCUT2D eigenvalue weighted by molar-refractivity contribution is 7.15. The first-order valence-electron chi connectivity index (χ1n) is 21.7. The van der Waals surface area contributed by atoms with Gasteiger partial charge in [-0.15, -0.1) is 11.3 Å². The van der Waals surface area contributed by atoms with Gasteiger partial charge >= 0.3 is 0 Å². The van der Waals surface area contributed by atoms with E-state index in [4.69, 9.17) is 5.73 Å². The van der Waals surface area contributed by atoms with E-state index in [-0.39, 0.29) is 0 Å². The molecule has 0 saturated carbocycles. The molecule has 310 valence electrons. The summed E-state index contributed by atoms with van der Waals surface area (Å²) in [7, 11) is 0. The molecule has 2 aliphatic carbocycles. The molecule has 2 aliphatic rings. The van der Waals surface area contributed by atoms with Crippen molar-refractivity contribution < 1.29 is 0 Å². The van der Waals surface area contributed by atoms with E-state index in [9.17, 15) is 0 Å². The zero-order valence-corrected chi connectivity index (χ0v) is 38.5. The summed E-state index contributed by atoms with van der Waals surface area (Å²) in [6, 6.07) is 46.9. The van der Waals surface area contributed by atoms with Gasteiger partial charge < -0.3 is 5.73 Å². The van der Waals surface area contributed by atoms with E-state index in [0.29, 0.717) is 11.3 Å². The van der Waals surface area contributed by atoms with Crippen LogP contribution in [0, 0.1) is 32.1 Å². The number of aromatic nitrogens is 1. The van der Waals surface area contributed by atoms with Gasteiger partial charge in [0, 0.05) is 4.88 Å². The molecule has 3 heteroatoms. The molecule has 0 bridgehead atoms. The molecule has 1 aromatic heterocycles. The number of nitrogens with two attached hydrogens (primary N) is 1. The van der Waals surface area contributed by atoms with Crippen molar-refractivity contribution in [3.05, 3.63) is 189 Å². The standard InChI is InChI=1S/C12H18.C10H12.C10H14.C8H12N2S.C8H10.C7H8/c1-10-6-5-7-11(8-10)9-12(2,3)4;1-8-6-9-4-2-3-5-10(9)7-8;1-3-5-10-7-4-6-9(2)8-10;1-5-3-2-4-6-7(5)11-8(9)10-6;1-2-8-6-4-3-5-7-8;1-7-5-3-2-4-6-7/h5-8H,9H2,1-4H3;2-5,8H,6-7H2,1H3;4,6-8H,3,5H2,1-2H3;5H,2-4H2,1H3,(H2,9,10);3-7H,2H2,1H3;2-6H,1H3. The Labute approximate surface area is 358 Å². The Kier molecular flexibility index (Phi) is 21.3. The third kappa shape index (κ3) is 19.3. The van der Waals surface area contributed by atoms with E-state index in [1.54, 1.807) is 22.5 Å². The first-order valence-corrected chi connectivity index (χ1v) is 22.6. The molecule has 5 aromatic carbocycles. The summed E-state index contributed by atoms with van der Waals surface area (Å²) in [6.45, 7) is 22.1. The third-order valence-corrected chi connectivity index (χ3v) is 11.3. The number of hydrogen-bond acceptors (Lipinski definition) is 3. The molecular weight excluding hydrogens is 721 g/mol. The number of fused-ring (bicyclic) bond motifs is 2. The maximum atomic E-state index is 5.63. The second-order valence-corrected chi connectivity index (χ2v) is 18.5. The van der Waals surface area contributed by atoms with Crippen LogP contribution in [0.4, 0.5) is 5.13 Å². The Bertz CT molecular complexity index is 1960. The fourth-order valence-electron chi connectivity index (χ4n) is 7.27. The highest BCUT2D eigenvalue weighted by Gasteiger charge is 2.20. The quantitative estimate of drug-likeness (QED) is 0.193. The Morgan fingerprint density at radius 2 is 1.14 bits per heavy atom. The molecule has 1 atom stereocenters. The van der Waals surface area contributed by atoms with Crippen LogP contribution in [-0.2, 0) is 38.5 Å². The highest BCUT2D eigenvalue weighted by Crippen LogP contribution is 2.36. The van der Waals surface area contributed by atoms with Gasteiger partial charge in [-0.3, -0.25) is 0 Å². The fourth-order valence-corrected chi connectivity index (χ4v) is 8.24. The molecule has 1 heterocycles. The summed E-state index contributed by atoms with van der Waals surface area (Å²) < 4.78 is 0. The van der Waals surface area contributed by atoms with E-state index in [1.165, 1.54) is 82.5 Å². The lowest BCUT2D eigenvalue weighted by atomic mass is 9.88. The molecule has 8 rings (SSSR count). The van der Waals surface area contributed by atoms with Gasteiger partial charge in [0.1, 0.15) is 0 Å². The number of benzene rings is 5. The summed E-state index contributed by atoms with van der Waals surface area (Å²) in [5.41, 5.74) is 18.8. The summed E-state index contributed by atoms with van der Waals surface area (Å²) >= 11 is 1.66. The average Bonchev–Trinajstić information content (AvgIpc) is 3.78. The van der Waals surface area contributed by atoms with Gasteiger partial charge in [-0.2, -0.15) is 0 Å². The number of rotatable bonds is 4. The van der Waals surface area contributed by atoms with Gasteiger partial charge in [-0.1, -0.05) is 205 Å². The molecular formula is C55H74N2S. The maximum absolute atomic E-state index is 5.63. The summed E-state index contributed by atoms with van der Waals surface area (Å²) in [4.78, 5) is 5.72. The van der Waals surface area contributed by atoms with Gasteiger partial charge in [-0.05, 0) is 117 Å². The van der Waals surface area contributed by atoms with Crippen LogP contribution in [0.3, 0.4) is 0 Å². The fraction of sp³-hybridized carbons (Fsp3) is 0.400. The normalized spacial score (nSPS) is 13.8. The van der Waals surface area contributed by atoms with Crippen LogP contribution in [0.1, 0.15) is 129 Å². The molecule has 0 saturated heterocycles. The second-order valence-electron chi connectivity index (χ2n) is 17.4. The third-order valence-electron chi connectivity index (χ3n) is 10.1. The number of nitrogen functional groups attached to an aromatic ring is 1. The lowest BCUT2D eigenvalue weighted by molar-refractivity contribution is 0.411. The number of hydrogen-bond donors (Lipinski definition) is 1. The molecule has 0 radical (unpaired) electrons. The minimum atomic E-state index is 0.397. The van der Waals surface area contributed by atoms with Crippen molar-refractivity contribution in [1.82, 2.24) is 4.98 Å². The van der Waals surface area contributed by atoms with Crippen LogP contribution >= 0.6 is 11.3 Å². The molecule has 6 aromatic rings. The monoisotopic (exact) mass is 795 g/mol. The van der Waals surface area contributed by atoms with Gasteiger partial charge in [-0.25, -0.2) is 4.98 Å². The van der Waals surface area contributed by atoms with E-state index in [1.807, 2.05) is 24.3 Å². The molecule has 0 fully saturated rings. The Balaban J connectivity index is 0.000000188. The number of aryl methyl sites for hydroxylation is 6. The zero-order valence-electron chi connectivity index (χ0n) is 37.7. The van der Waals surface area contributed by atoms with E-state index in [0.717, 1.165) is 30.3 Å². The van der Waals surface area contributed by atoms with Gasteiger partial charge in [0.15, 0.2) is 5.13 Å². The Morgan fingerprint density at radius 1 is 0.638 bits per heavy atom. The summed E-state index contributed by atoms with van der Waals surface area (Å²) in [5, 5.41) is 0.740. The Hall–Kier alpha value is -4.47. The van der Waals surface area contributed by atoms with Crippen LogP contribution in [-0.4, -0.2) is 4.98 Å². The van der Waals surface area contributed by atoms with Crippen LogP contribution in [0.2, 0.25) is 0 Å². The van der Waals surface area contributed by atoms with Crippen molar-refractivity contribution in [2.24, 2.45) is 11.3 Å². The van der Waals surface area contributed by atoms with Gasteiger partial charge in [0.2, 0.25) is 0 Å². The minimum absolute atomic E-state index is 0.397. The predicted octanol–water partition coefficient (Wildman–Crippen LogP) is 15.4. The predicted molar refractivity (Wildman–Crippen MR) is 257 cm³/mol. The molecule has 2 N–H and O–H groups in total.